The van der Waals surface area contributed by atoms with Gasteiger partial charge in [-0.2, -0.15) is 0 Å². The molecule has 0 spiro atoms. The van der Waals surface area contributed by atoms with Gasteiger partial charge in [0, 0.05) is 0 Å². The van der Waals surface area contributed by atoms with Crippen LogP contribution in [0.5, 0.6) is 0 Å². The van der Waals surface area contributed by atoms with Crippen LogP contribution in [0.25, 0.3) is 0 Å². The molecule has 0 aliphatic heterocycles. The van der Waals surface area contributed by atoms with E-state index in [-0.39, 0.29) is 5.97 Å². The molecule has 0 heterocycles. The van der Waals surface area contributed by atoms with Gasteiger partial charge in [0.1, 0.15) is 0 Å². The largest absolute Gasteiger partial charge is 0.481 e. The maximum Gasteiger partial charge on any atom is 0.311 e. The molecule has 4 nitrogen and oxygen atoms in total. The Labute approximate surface area is 140 Å². The summed E-state index contributed by atoms with van der Waals surface area (Å²) in [6.45, 7) is 6.33. The standard InChI is InChI=1S/C19H32O4/c1-4-5-6-7-8-9-10-11-12-23-19(22)16-13-14(2)15(3)17(16)18(20)21/h16-17H,4-13H2,1-3H3,(H,20,21). The molecule has 2 unspecified atom stereocenters. The summed E-state index contributed by atoms with van der Waals surface area (Å²) in [6, 6.07) is 0. The lowest BCUT2D eigenvalue weighted by Gasteiger charge is -2.16. The third-order valence-electron chi connectivity index (χ3n) is 4.88. The lowest BCUT2D eigenvalue weighted by atomic mass is 9.92. The van der Waals surface area contributed by atoms with Crippen molar-refractivity contribution in [2.75, 3.05) is 6.61 Å². The second-order valence-electron chi connectivity index (χ2n) is 6.73. The summed E-state index contributed by atoms with van der Waals surface area (Å²) >= 11 is 0. The average molecular weight is 324 g/mol. The van der Waals surface area contributed by atoms with Crippen LogP contribution in [0.3, 0.4) is 0 Å². The molecule has 0 aromatic heterocycles. The number of ether oxygens (including phenoxy) is 1. The number of carboxylic acids is 1. The highest BCUT2D eigenvalue weighted by molar-refractivity contribution is 5.85. The van der Waals surface area contributed by atoms with Gasteiger partial charge in [0.2, 0.25) is 0 Å². The number of aliphatic carboxylic acids is 1. The van der Waals surface area contributed by atoms with E-state index < -0.39 is 17.8 Å². The molecule has 1 rings (SSSR count). The van der Waals surface area contributed by atoms with Crippen LogP contribution in [0.4, 0.5) is 0 Å². The first-order valence-corrected chi connectivity index (χ1v) is 9.04. The lowest BCUT2D eigenvalue weighted by molar-refractivity contribution is -0.155. The Bertz CT molecular complexity index is 425. The van der Waals surface area contributed by atoms with E-state index in [1.54, 1.807) is 6.92 Å². The van der Waals surface area contributed by atoms with Crippen molar-refractivity contribution in [3.05, 3.63) is 11.1 Å². The van der Waals surface area contributed by atoms with E-state index in [9.17, 15) is 14.7 Å². The van der Waals surface area contributed by atoms with Crippen molar-refractivity contribution in [3.63, 3.8) is 0 Å². The molecular formula is C19H32O4. The normalized spacial score (nSPS) is 20.8. The Morgan fingerprint density at radius 1 is 1.04 bits per heavy atom. The van der Waals surface area contributed by atoms with Crippen molar-refractivity contribution < 1.29 is 19.4 Å². The maximum atomic E-state index is 12.1. The molecule has 0 bridgehead atoms. The van der Waals surface area contributed by atoms with E-state index in [1.165, 1.54) is 38.5 Å². The summed E-state index contributed by atoms with van der Waals surface area (Å²) in [5, 5.41) is 9.31. The Morgan fingerprint density at radius 2 is 1.61 bits per heavy atom. The molecule has 1 N–H and O–H groups in total. The smallest absolute Gasteiger partial charge is 0.311 e. The summed E-state index contributed by atoms with van der Waals surface area (Å²) < 4.78 is 5.32. The summed E-state index contributed by atoms with van der Waals surface area (Å²) in [5.41, 5.74) is 1.82. The van der Waals surface area contributed by atoms with Gasteiger partial charge in [-0.1, -0.05) is 63.0 Å². The van der Waals surface area contributed by atoms with Gasteiger partial charge in [-0.15, -0.1) is 0 Å². The van der Waals surface area contributed by atoms with Crippen molar-refractivity contribution in [1.29, 1.82) is 0 Å². The molecule has 0 aromatic rings. The highest BCUT2D eigenvalue weighted by atomic mass is 16.5. The molecule has 1 aliphatic carbocycles. The number of carboxylic acid groups (broad SMARTS) is 1. The van der Waals surface area contributed by atoms with Gasteiger partial charge < -0.3 is 9.84 Å². The zero-order chi connectivity index (χ0) is 17.2. The van der Waals surface area contributed by atoms with Gasteiger partial charge in [-0.25, -0.2) is 0 Å². The number of esters is 1. The first kappa shape index (κ1) is 19.7. The van der Waals surface area contributed by atoms with Crippen LogP contribution in [-0.2, 0) is 14.3 Å². The van der Waals surface area contributed by atoms with Crippen molar-refractivity contribution >= 4 is 11.9 Å². The van der Waals surface area contributed by atoms with Crippen molar-refractivity contribution in [2.45, 2.75) is 78.6 Å². The molecule has 132 valence electrons. The quantitative estimate of drug-likeness (QED) is 0.339. The van der Waals surface area contributed by atoms with E-state index in [1.807, 2.05) is 6.92 Å². The number of hydrogen-bond acceptors (Lipinski definition) is 3. The molecule has 0 saturated heterocycles. The van der Waals surface area contributed by atoms with E-state index in [0.29, 0.717) is 13.0 Å². The SMILES string of the molecule is CCCCCCCCCCOC(=O)C1CC(C)=C(C)C1C(=O)O. The third-order valence-corrected chi connectivity index (χ3v) is 4.88. The Balaban J connectivity index is 2.18. The van der Waals surface area contributed by atoms with Crippen LogP contribution in [0.2, 0.25) is 0 Å². The number of allylic oxidation sites excluding steroid dienone is 1. The van der Waals surface area contributed by atoms with Gasteiger partial charge in [-0.3, -0.25) is 9.59 Å². The lowest BCUT2D eigenvalue weighted by Crippen LogP contribution is -2.28. The fraction of sp³-hybridized carbons (Fsp3) is 0.789. The van der Waals surface area contributed by atoms with E-state index in [0.717, 1.165) is 24.0 Å². The number of unbranched alkanes of at least 4 members (excludes halogenated alkanes) is 7. The molecule has 1 aliphatic rings. The molecule has 0 fully saturated rings. The maximum absolute atomic E-state index is 12.1. The van der Waals surface area contributed by atoms with Crippen LogP contribution in [0.1, 0.15) is 78.6 Å². The minimum absolute atomic E-state index is 0.350. The fourth-order valence-corrected chi connectivity index (χ4v) is 3.27. The topological polar surface area (TPSA) is 63.6 Å². The Kier molecular flexibility index (Phi) is 8.97. The summed E-state index contributed by atoms with van der Waals surface area (Å²) in [6.07, 6.45) is 10.1. The first-order valence-electron chi connectivity index (χ1n) is 9.04. The van der Waals surface area contributed by atoms with Crippen LogP contribution in [-0.4, -0.2) is 23.7 Å². The van der Waals surface area contributed by atoms with Gasteiger partial charge in [0.15, 0.2) is 0 Å². The first-order chi connectivity index (χ1) is 11.0. The average Bonchev–Trinajstić information content (AvgIpc) is 2.81. The van der Waals surface area contributed by atoms with E-state index in [4.69, 9.17) is 4.74 Å². The molecule has 0 radical (unpaired) electrons. The molecule has 23 heavy (non-hydrogen) atoms. The van der Waals surface area contributed by atoms with Gasteiger partial charge in [0.05, 0.1) is 18.4 Å². The monoisotopic (exact) mass is 324 g/mol. The number of carbonyl (C=O) groups excluding carboxylic acids is 1. The van der Waals surface area contributed by atoms with Gasteiger partial charge in [0.25, 0.3) is 0 Å². The highest BCUT2D eigenvalue weighted by Crippen LogP contribution is 2.37. The van der Waals surface area contributed by atoms with Crippen LogP contribution < -0.4 is 0 Å². The molecule has 0 amide bonds. The minimum atomic E-state index is -0.923. The minimum Gasteiger partial charge on any atom is -0.481 e. The predicted octanol–water partition coefficient (Wildman–Crippen LogP) is 4.73. The molecule has 0 saturated carbocycles. The third kappa shape index (κ3) is 6.36. The van der Waals surface area contributed by atoms with Crippen LogP contribution in [0, 0.1) is 11.8 Å². The fourth-order valence-electron chi connectivity index (χ4n) is 3.27. The predicted molar refractivity (Wildman–Crippen MR) is 91.2 cm³/mol. The second-order valence-corrected chi connectivity index (χ2v) is 6.73. The highest BCUT2D eigenvalue weighted by Gasteiger charge is 2.41. The molecule has 0 aromatic carbocycles. The van der Waals surface area contributed by atoms with E-state index in [2.05, 4.69) is 6.92 Å². The second kappa shape index (κ2) is 10.5. The van der Waals surface area contributed by atoms with Crippen molar-refractivity contribution in [2.24, 2.45) is 11.8 Å². The van der Waals surface area contributed by atoms with Gasteiger partial charge >= 0.3 is 11.9 Å². The van der Waals surface area contributed by atoms with Crippen LogP contribution in [0.15, 0.2) is 11.1 Å². The van der Waals surface area contributed by atoms with Crippen molar-refractivity contribution in [1.82, 2.24) is 0 Å². The van der Waals surface area contributed by atoms with Crippen LogP contribution >= 0.6 is 0 Å². The molecule has 4 heteroatoms. The summed E-state index contributed by atoms with van der Waals surface area (Å²) in [7, 11) is 0. The Hall–Kier alpha value is -1.32. The molecule has 2 atom stereocenters. The van der Waals surface area contributed by atoms with Gasteiger partial charge in [-0.05, 0) is 26.7 Å². The summed E-state index contributed by atoms with van der Waals surface area (Å²) in [4.78, 5) is 23.5. The number of carbonyl (C=O) groups is 2. The molecular weight excluding hydrogens is 292 g/mol. The summed E-state index contributed by atoms with van der Waals surface area (Å²) in [5.74, 6) is -2.52. The Morgan fingerprint density at radius 3 is 2.17 bits per heavy atom. The van der Waals surface area contributed by atoms with E-state index >= 15 is 0 Å². The zero-order valence-corrected chi connectivity index (χ0v) is 14.9. The zero-order valence-electron chi connectivity index (χ0n) is 14.9. The van der Waals surface area contributed by atoms with Crippen molar-refractivity contribution in [3.8, 4) is 0 Å². The number of hydrogen-bond donors (Lipinski definition) is 1. The number of rotatable bonds is 11.